The number of amides is 1. The number of benzene rings is 2. The van der Waals surface area contributed by atoms with E-state index in [4.69, 9.17) is 0 Å². The lowest BCUT2D eigenvalue weighted by atomic mass is 9.89. The zero-order valence-electron chi connectivity index (χ0n) is 15.4. The van der Waals surface area contributed by atoms with E-state index in [2.05, 4.69) is 10.1 Å². The molecule has 0 unspecified atom stereocenters. The van der Waals surface area contributed by atoms with Crippen LogP contribution in [0.5, 0.6) is 5.75 Å². The van der Waals surface area contributed by atoms with E-state index in [9.17, 15) is 22.4 Å². The van der Waals surface area contributed by atoms with Gasteiger partial charge in [0, 0.05) is 12.1 Å². The van der Waals surface area contributed by atoms with Crippen molar-refractivity contribution < 1.29 is 27.1 Å². The summed E-state index contributed by atoms with van der Waals surface area (Å²) in [6.45, 7) is 4.20. The van der Waals surface area contributed by atoms with Crippen molar-refractivity contribution in [2.75, 3.05) is 6.54 Å². The van der Waals surface area contributed by atoms with Gasteiger partial charge < -0.3 is 10.1 Å². The molecule has 28 heavy (non-hydrogen) atoms. The summed E-state index contributed by atoms with van der Waals surface area (Å²) in [5.74, 6) is -0.979. The number of hydrogen-bond acceptors (Lipinski definition) is 2. The third-order valence-corrected chi connectivity index (χ3v) is 4.79. The van der Waals surface area contributed by atoms with E-state index in [1.807, 2.05) is 0 Å². The van der Waals surface area contributed by atoms with Crippen LogP contribution in [0.4, 0.5) is 17.6 Å². The Kier molecular flexibility index (Phi) is 5.45. The summed E-state index contributed by atoms with van der Waals surface area (Å²) in [5, 5.41) is 2.79. The lowest BCUT2D eigenvalue weighted by Gasteiger charge is -2.20. The SMILES string of the molecule is C/C(=C1/CCCNC1=O)c1cc(F)cc(-c2ccc(OC(F)(F)F)cc2)c1C. The molecule has 148 valence electrons. The predicted octanol–water partition coefficient (Wildman–Crippen LogP) is 5.38. The van der Waals surface area contributed by atoms with E-state index in [0.717, 1.165) is 12.0 Å². The number of nitrogens with one attached hydrogen (secondary N) is 1. The molecular formula is C21H19F4NO2. The van der Waals surface area contributed by atoms with Gasteiger partial charge in [0.25, 0.3) is 0 Å². The smallest absolute Gasteiger partial charge is 0.406 e. The highest BCUT2D eigenvalue weighted by Crippen LogP contribution is 2.34. The Morgan fingerprint density at radius 2 is 1.82 bits per heavy atom. The molecule has 1 amide bonds. The van der Waals surface area contributed by atoms with Crippen molar-refractivity contribution in [3.8, 4) is 16.9 Å². The van der Waals surface area contributed by atoms with Gasteiger partial charge in [-0.2, -0.15) is 0 Å². The summed E-state index contributed by atoms with van der Waals surface area (Å²) >= 11 is 0. The second kappa shape index (κ2) is 7.66. The fraction of sp³-hybridized carbons (Fsp3) is 0.286. The molecule has 0 saturated carbocycles. The van der Waals surface area contributed by atoms with Crippen LogP contribution in [0.2, 0.25) is 0 Å². The molecule has 2 aromatic rings. The van der Waals surface area contributed by atoms with Gasteiger partial charge in [-0.3, -0.25) is 4.79 Å². The van der Waals surface area contributed by atoms with E-state index >= 15 is 0 Å². The zero-order chi connectivity index (χ0) is 20.5. The lowest BCUT2D eigenvalue weighted by molar-refractivity contribution is -0.274. The standard InChI is InChI=1S/C21H19F4NO2/c1-12(17-4-3-9-26-20(17)27)18-10-15(22)11-19(13(18)2)14-5-7-16(8-6-14)28-21(23,24)25/h5-8,10-11H,3-4,9H2,1-2H3,(H,26,27)/b17-12+. The molecule has 3 nitrogen and oxygen atoms in total. The number of piperidine rings is 1. The number of ether oxygens (including phenoxy) is 1. The topological polar surface area (TPSA) is 38.3 Å². The largest absolute Gasteiger partial charge is 0.573 e. The maximum absolute atomic E-state index is 14.3. The first kappa shape index (κ1) is 19.9. The first-order valence-corrected chi connectivity index (χ1v) is 8.80. The summed E-state index contributed by atoms with van der Waals surface area (Å²) in [4.78, 5) is 12.1. The summed E-state index contributed by atoms with van der Waals surface area (Å²) in [5.41, 5.74) is 3.78. The minimum Gasteiger partial charge on any atom is -0.406 e. The van der Waals surface area contributed by atoms with Gasteiger partial charge in [-0.15, -0.1) is 13.2 Å². The fourth-order valence-electron chi connectivity index (χ4n) is 3.41. The second-order valence-corrected chi connectivity index (χ2v) is 6.66. The molecule has 1 saturated heterocycles. The van der Waals surface area contributed by atoms with Gasteiger partial charge in [0.2, 0.25) is 5.91 Å². The summed E-state index contributed by atoms with van der Waals surface area (Å²) in [7, 11) is 0. The first-order chi connectivity index (χ1) is 13.2. The maximum Gasteiger partial charge on any atom is 0.573 e. The highest BCUT2D eigenvalue weighted by atomic mass is 19.4. The van der Waals surface area contributed by atoms with E-state index in [0.29, 0.717) is 40.8 Å². The highest BCUT2D eigenvalue weighted by Gasteiger charge is 2.31. The number of alkyl halides is 3. The van der Waals surface area contributed by atoms with Crippen molar-refractivity contribution in [2.24, 2.45) is 0 Å². The Bertz CT molecular complexity index is 931. The molecule has 0 radical (unpaired) electrons. The molecular weight excluding hydrogens is 374 g/mol. The number of carbonyl (C=O) groups is 1. The van der Waals surface area contributed by atoms with Crippen LogP contribution in [-0.4, -0.2) is 18.8 Å². The summed E-state index contributed by atoms with van der Waals surface area (Å²) in [6, 6.07) is 7.98. The minimum absolute atomic E-state index is 0.150. The van der Waals surface area contributed by atoms with Gasteiger partial charge >= 0.3 is 6.36 Å². The average molecular weight is 393 g/mol. The van der Waals surface area contributed by atoms with E-state index in [-0.39, 0.29) is 11.7 Å². The molecule has 0 spiro atoms. The number of halogens is 4. The Balaban J connectivity index is 2.02. The van der Waals surface area contributed by atoms with Crippen molar-refractivity contribution in [1.29, 1.82) is 0 Å². The molecule has 0 bridgehead atoms. The van der Waals surface area contributed by atoms with Crippen LogP contribution in [0.15, 0.2) is 42.0 Å². The second-order valence-electron chi connectivity index (χ2n) is 6.66. The first-order valence-electron chi connectivity index (χ1n) is 8.80. The molecule has 0 atom stereocenters. The molecule has 0 aromatic heterocycles. The number of allylic oxidation sites excluding steroid dienone is 1. The molecule has 1 N–H and O–H groups in total. The molecule has 2 aromatic carbocycles. The summed E-state index contributed by atoms with van der Waals surface area (Å²) in [6.07, 6.45) is -3.33. The molecule has 1 heterocycles. The number of rotatable bonds is 3. The van der Waals surface area contributed by atoms with Crippen molar-refractivity contribution in [3.05, 3.63) is 58.9 Å². The minimum atomic E-state index is -4.77. The fourth-order valence-corrected chi connectivity index (χ4v) is 3.41. The van der Waals surface area contributed by atoms with Crippen molar-refractivity contribution in [1.82, 2.24) is 5.32 Å². The molecule has 0 aliphatic carbocycles. The van der Waals surface area contributed by atoms with Gasteiger partial charge in [-0.1, -0.05) is 12.1 Å². The van der Waals surface area contributed by atoms with Crippen LogP contribution in [-0.2, 0) is 4.79 Å². The van der Waals surface area contributed by atoms with Gasteiger partial charge in [0.1, 0.15) is 11.6 Å². The summed E-state index contributed by atoms with van der Waals surface area (Å²) < 4.78 is 55.2. The molecule has 3 rings (SSSR count). The lowest BCUT2D eigenvalue weighted by Crippen LogP contribution is -2.31. The number of carbonyl (C=O) groups excluding carboxylic acids is 1. The van der Waals surface area contributed by atoms with E-state index in [1.165, 1.54) is 36.4 Å². The van der Waals surface area contributed by atoms with Gasteiger partial charge in [0.15, 0.2) is 0 Å². The predicted molar refractivity (Wildman–Crippen MR) is 98.1 cm³/mol. The van der Waals surface area contributed by atoms with Crippen molar-refractivity contribution in [3.63, 3.8) is 0 Å². The molecule has 1 fully saturated rings. The van der Waals surface area contributed by atoms with Crippen LogP contribution < -0.4 is 10.1 Å². The number of hydrogen-bond donors (Lipinski definition) is 1. The molecule has 1 aliphatic rings. The van der Waals surface area contributed by atoms with Gasteiger partial charge in [-0.25, -0.2) is 4.39 Å². The third kappa shape index (κ3) is 4.35. The Hall–Kier alpha value is -2.83. The Labute approximate surface area is 160 Å². The van der Waals surface area contributed by atoms with Crippen molar-refractivity contribution in [2.45, 2.75) is 33.1 Å². The van der Waals surface area contributed by atoms with Crippen LogP contribution in [0.1, 0.15) is 30.9 Å². The Morgan fingerprint density at radius 1 is 1.14 bits per heavy atom. The van der Waals surface area contributed by atoms with Gasteiger partial charge in [-0.05, 0) is 78.8 Å². The highest BCUT2D eigenvalue weighted by molar-refractivity contribution is 6.02. The molecule has 7 heteroatoms. The monoisotopic (exact) mass is 393 g/mol. The average Bonchev–Trinajstić information content (AvgIpc) is 2.62. The van der Waals surface area contributed by atoms with Crippen molar-refractivity contribution >= 4 is 11.5 Å². The zero-order valence-corrected chi connectivity index (χ0v) is 15.4. The van der Waals surface area contributed by atoms with Crippen LogP contribution >= 0.6 is 0 Å². The Morgan fingerprint density at radius 3 is 2.43 bits per heavy atom. The quantitative estimate of drug-likeness (QED) is 0.561. The third-order valence-electron chi connectivity index (χ3n) is 4.79. The van der Waals surface area contributed by atoms with Crippen LogP contribution in [0, 0.1) is 12.7 Å². The normalized spacial score (nSPS) is 16.6. The molecule has 1 aliphatic heterocycles. The maximum atomic E-state index is 14.3. The van der Waals surface area contributed by atoms with E-state index in [1.54, 1.807) is 13.8 Å². The van der Waals surface area contributed by atoms with Crippen LogP contribution in [0.3, 0.4) is 0 Å². The van der Waals surface area contributed by atoms with E-state index < -0.39 is 12.2 Å². The van der Waals surface area contributed by atoms with Gasteiger partial charge in [0.05, 0.1) is 0 Å². The van der Waals surface area contributed by atoms with Crippen LogP contribution in [0.25, 0.3) is 16.7 Å².